The predicted molar refractivity (Wildman–Crippen MR) is 108 cm³/mol. The summed E-state index contributed by atoms with van der Waals surface area (Å²) >= 11 is 0. The third-order valence-corrected chi connectivity index (χ3v) is 5.43. The molecule has 29 heavy (non-hydrogen) atoms. The van der Waals surface area contributed by atoms with Crippen molar-refractivity contribution in [3.05, 3.63) is 29.6 Å². The predicted octanol–water partition coefficient (Wildman–Crippen LogP) is 2.63. The molecule has 1 heterocycles. The number of imidazole rings is 1. The van der Waals surface area contributed by atoms with Crippen LogP contribution in [0.15, 0.2) is 28.4 Å². The molecule has 1 aromatic carbocycles. The van der Waals surface area contributed by atoms with Gasteiger partial charge in [0.25, 0.3) is 0 Å². The molecule has 0 radical (unpaired) electrons. The molecular formula is C17H21N9O2S. The fourth-order valence-electron chi connectivity index (χ4n) is 2.38. The van der Waals surface area contributed by atoms with Crippen LogP contribution in [0.25, 0.3) is 0 Å². The van der Waals surface area contributed by atoms with Gasteiger partial charge in [-0.25, -0.2) is 0 Å². The molecular weight excluding hydrogens is 394 g/mol. The molecule has 0 amide bonds. The Labute approximate surface area is 169 Å². The summed E-state index contributed by atoms with van der Waals surface area (Å²) in [6.45, 7) is 5.49. The zero-order chi connectivity index (χ0) is 21.6. The summed E-state index contributed by atoms with van der Waals surface area (Å²) in [6.07, 6.45) is 0. The monoisotopic (exact) mass is 415 g/mol. The van der Waals surface area contributed by atoms with E-state index in [4.69, 9.17) is 10.5 Å². The summed E-state index contributed by atoms with van der Waals surface area (Å²) in [6, 6.07) is 8.70. The van der Waals surface area contributed by atoms with E-state index in [9.17, 15) is 8.42 Å². The Morgan fingerprint density at radius 1 is 1.17 bits per heavy atom. The highest BCUT2D eigenvalue weighted by molar-refractivity contribution is 7.90. The van der Waals surface area contributed by atoms with E-state index >= 15 is 0 Å². The van der Waals surface area contributed by atoms with Gasteiger partial charge in [0.2, 0.25) is 5.95 Å². The summed E-state index contributed by atoms with van der Waals surface area (Å²) in [7, 11) is -0.949. The molecule has 0 spiro atoms. The van der Waals surface area contributed by atoms with Gasteiger partial charge in [-0.3, -0.25) is 4.72 Å². The maximum absolute atomic E-state index is 12.3. The van der Waals surface area contributed by atoms with Gasteiger partial charge in [0, 0.05) is 32.9 Å². The second kappa shape index (κ2) is 9.14. The molecule has 0 fully saturated rings. The normalized spacial score (nSPS) is 11.4. The summed E-state index contributed by atoms with van der Waals surface area (Å²) in [4.78, 5) is 8.50. The highest BCUT2D eigenvalue weighted by Crippen LogP contribution is 2.32. The van der Waals surface area contributed by atoms with Crippen molar-refractivity contribution in [3.8, 4) is 12.1 Å². The van der Waals surface area contributed by atoms with E-state index in [2.05, 4.69) is 29.8 Å². The van der Waals surface area contributed by atoms with Crippen molar-refractivity contribution in [2.45, 2.75) is 13.8 Å². The summed E-state index contributed by atoms with van der Waals surface area (Å²) in [5.41, 5.74) is 1.19. The molecule has 1 aromatic heterocycles. The fraction of sp³-hybridized carbons (Fsp3) is 0.353. The van der Waals surface area contributed by atoms with Crippen molar-refractivity contribution in [1.82, 2.24) is 14.3 Å². The second-order valence-corrected chi connectivity index (χ2v) is 7.86. The Bertz CT molecular complexity index is 1060. The first-order valence-corrected chi connectivity index (χ1v) is 10.1. The van der Waals surface area contributed by atoms with Gasteiger partial charge in [0.1, 0.15) is 17.8 Å². The molecule has 0 saturated carbocycles. The Hall–Kier alpha value is -3.48. The first-order chi connectivity index (χ1) is 13.7. The van der Waals surface area contributed by atoms with Gasteiger partial charge >= 0.3 is 10.2 Å². The number of benzene rings is 1. The van der Waals surface area contributed by atoms with Gasteiger partial charge in [-0.05, 0) is 32.0 Å². The Balaban J connectivity index is 2.48. The SMILES string of the molecule is CCN(CC)c1ccc(N=Nc2nc(C#N)c(C#N)[nH]2)c(NS(=O)(=O)N(C)C)c1. The molecule has 0 unspecified atom stereocenters. The van der Waals surface area contributed by atoms with Crippen LogP contribution in [0.1, 0.15) is 25.2 Å². The molecule has 152 valence electrons. The van der Waals surface area contributed by atoms with Crippen molar-refractivity contribution in [2.75, 3.05) is 36.8 Å². The van der Waals surface area contributed by atoms with E-state index < -0.39 is 10.2 Å². The average molecular weight is 415 g/mol. The Morgan fingerprint density at radius 3 is 2.38 bits per heavy atom. The number of aromatic amines is 1. The minimum absolute atomic E-state index is 0.0214. The lowest BCUT2D eigenvalue weighted by molar-refractivity contribution is 0.527. The van der Waals surface area contributed by atoms with Gasteiger partial charge in [-0.15, -0.1) is 10.2 Å². The van der Waals surface area contributed by atoms with Crippen LogP contribution >= 0.6 is 0 Å². The lowest BCUT2D eigenvalue weighted by Gasteiger charge is -2.22. The van der Waals surface area contributed by atoms with Gasteiger partial charge in [-0.2, -0.15) is 28.2 Å². The van der Waals surface area contributed by atoms with Crippen LogP contribution in [0.5, 0.6) is 0 Å². The molecule has 0 bridgehead atoms. The number of nitrogens with zero attached hydrogens (tertiary/aromatic N) is 7. The van der Waals surface area contributed by atoms with Crippen molar-refractivity contribution in [2.24, 2.45) is 10.2 Å². The lowest BCUT2D eigenvalue weighted by atomic mass is 10.2. The largest absolute Gasteiger partial charge is 0.372 e. The van der Waals surface area contributed by atoms with Crippen LogP contribution in [0.3, 0.4) is 0 Å². The summed E-state index contributed by atoms with van der Waals surface area (Å²) < 4.78 is 28.2. The van der Waals surface area contributed by atoms with Gasteiger partial charge in [-0.1, -0.05) is 0 Å². The van der Waals surface area contributed by atoms with Crippen LogP contribution < -0.4 is 9.62 Å². The number of nitrogens with one attached hydrogen (secondary N) is 2. The zero-order valence-electron chi connectivity index (χ0n) is 16.5. The smallest absolute Gasteiger partial charge is 0.301 e. The number of azo groups is 1. The number of nitriles is 2. The number of H-pyrrole nitrogens is 1. The standard InChI is InChI=1S/C17H21N9O2S/c1-5-26(6-2)12-7-8-13(14(9-12)24-29(27,28)25(3)4)22-23-17-20-15(10-18)16(11-19)21-17/h7-9,24H,5-6H2,1-4H3,(H,20,21). The van der Waals surface area contributed by atoms with Crippen LogP contribution in [0.2, 0.25) is 0 Å². The van der Waals surface area contributed by atoms with Crippen LogP contribution in [0.4, 0.5) is 23.0 Å². The van der Waals surface area contributed by atoms with Crippen LogP contribution in [-0.4, -0.2) is 49.9 Å². The Morgan fingerprint density at radius 2 is 1.86 bits per heavy atom. The van der Waals surface area contributed by atoms with Gasteiger partial charge in [0.05, 0.1) is 5.69 Å². The lowest BCUT2D eigenvalue weighted by Crippen LogP contribution is -2.29. The first-order valence-electron chi connectivity index (χ1n) is 8.66. The number of anilines is 2. The molecule has 0 aliphatic carbocycles. The number of hydrogen-bond acceptors (Lipinski definition) is 8. The molecule has 0 saturated heterocycles. The molecule has 0 atom stereocenters. The van der Waals surface area contributed by atoms with Gasteiger partial charge < -0.3 is 9.88 Å². The van der Waals surface area contributed by atoms with E-state index in [0.717, 1.165) is 23.1 Å². The minimum atomic E-state index is -3.77. The fourth-order valence-corrected chi connectivity index (χ4v) is 3.00. The van der Waals surface area contributed by atoms with Crippen LogP contribution in [-0.2, 0) is 10.2 Å². The Kier molecular flexibility index (Phi) is 6.88. The number of rotatable bonds is 8. The van der Waals surface area contributed by atoms with Crippen molar-refractivity contribution in [3.63, 3.8) is 0 Å². The third kappa shape index (κ3) is 5.07. The van der Waals surface area contributed by atoms with Crippen molar-refractivity contribution < 1.29 is 8.42 Å². The average Bonchev–Trinajstić information content (AvgIpc) is 3.10. The van der Waals surface area contributed by atoms with Crippen molar-refractivity contribution in [1.29, 1.82) is 10.5 Å². The zero-order valence-corrected chi connectivity index (χ0v) is 17.3. The highest BCUT2D eigenvalue weighted by Gasteiger charge is 2.17. The van der Waals surface area contributed by atoms with E-state index in [1.54, 1.807) is 24.3 Å². The molecule has 0 aliphatic rings. The molecule has 2 rings (SSSR count). The minimum Gasteiger partial charge on any atom is -0.372 e. The number of aromatic nitrogens is 2. The summed E-state index contributed by atoms with van der Waals surface area (Å²) in [5.74, 6) is -0.0349. The molecule has 0 aliphatic heterocycles. The topological polar surface area (TPSA) is 154 Å². The quantitative estimate of drug-likeness (QED) is 0.632. The van der Waals surface area contributed by atoms with E-state index in [0.29, 0.717) is 0 Å². The van der Waals surface area contributed by atoms with E-state index in [1.807, 2.05) is 19.9 Å². The number of hydrogen-bond donors (Lipinski definition) is 2. The van der Waals surface area contributed by atoms with Crippen LogP contribution in [0, 0.1) is 22.7 Å². The van der Waals surface area contributed by atoms with E-state index in [-0.39, 0.29) is 28.7 Å². The first kappa shape index (κ1) is 21.8. The molecule has 2 aromatic rings. The maximum Gasteiger partial charge on any atom is 0.301 e. The third-order valence-electron chi connectivity index (χ3n) is 3.99. The van der Waals surface area contributed by atoms with Gasteiger partial charge in [0.15, 0.2) is 11.4 Å². The van der Waals surface area contributed by atoms with E-state index in [1.165, 1.54) is 14.1 Å². The molecule has 2 N–H and O–H groups in total. The molecule has 11 nitrogen and oxygen atoms in total. The van der Waals surface area contributed by atoms with Crippen molar-refractivity contribution >= 4 is 33.2 Å². The maximum atomic E-state index is 12.3. The highest BCUT2D eigenvalue weighted by atomic mass is 32.2. The summed E-state index contributed by atoms with van der Waals surface area (Å²) in [5, 5.41) is 25.9. The second-order valence-electron chi connectivity index (χ2n) is 5.97. The molecule has 12 heteroatoms.